The van der Waals surface area contributed by atoms with Gasteiger partial charge in [-0.3, -0.25) is 15.0 Å². The van der Waals surface area contributed by atoms with Gasteiger partial charge in [-0.05, 0) is 65.1 Å². The molecule has 0 bridgehead atoms. The molecule has 0 saturated carbocycles. The summed E-state index contributed by atoms with van der Waals surface area (Å²) in [6.45, 7) is -0.238. The van der Waals surface area contributed by atoms with Crippen molar-refractivity contribution in [3.05, 3.63) is 57.1 Å². The van der Waals surface area contributed by atoms with Crippen molar-refractivity contribution in [1.29, 1.82) is 0 Å². The summed E-state index contributed by atoms with van der Waals surface area (Å²) < 4.78 is 6.30. The molecule has 1 aliphatic heterocycles. The molecule has 0 radical (unpaired) electrons. The third-order valence-electron chi connectivity index (χ3n) is 3.10. The number of carbonyl (C=O) groups is 2. The molecule has 1 aromatic carbocycles. The first kappa shape index (κ1) is 14.8. The van der Waals surface area contributed by atoms with Gasteiger partial charge in [-0.25, -0.2) is 5.01 Å². The Morgan fingerprint density at radius 1 is 1.18 bits per heavy atom. The number of hydrogen-bond donors (Lipinski definition) is 2. The summed E-state index contributed by atoms with van der Waals surface area (Å²) in [6.07, 6.45) is 1.36. The van der Waals surface area contributed by atoms with Crippen molar-refractivity contribution in [3.8, 4) is 0 Å². The average Bonchev–Trinajstić information content (AvgIpc) is 3.08. The zero-order chi connectivity index (χ0) is 15.7. The molecular weight excluding hydrogens is 399 g/mol. The molecule has 3 rings (SSSR count). The lowest BCUT2D eigenvalue weighted by molar-refractivity contribution is -0.117. The number of halogens is 1. The van der Waals surface area contributed by atoms with Gasteiger partial charge in [-0.1, -0.05) is 0 Å². The first-order chi connectivity index (χ1) is 10.6. The Labute approximate surface area is 139 Å². The van der Waals surface area contributed by atoms with Crippen LogP contribution < -0.4 is 10.4 Å². The van der Waals surface area contributed by atoms with Crippen LogP contribution in [0.5, 0.6) is 0 Å². The van der Waals surface area contributed by atoms with Crippen molar-refractivity contribution in [2.75, 3.05) is 5.01 Å². The van der Waals surface area contributed by atoms with Crippen molar-refractivity contribution >= 4 is 46.2 Å². The fourth-order valence-corrected chi connectivity index (χ4v) is 2.39. The van der Waals surface area contributed by atoms with Crippen LogP contribution in [0, 0.1) is 3.57 Å². The van der Waals surface area contributed by atoms with Crippen molar-refractivity contribution in [3.63, 3.8) is 0 Å². The molecular formula is C15H11IN2O4. The molecule has 6 nitrogen and oxygen atoms in total. The van der Waals surface area contributed by atoms with Crippen LogP contribution in [0.15, 0.2) is 46.4 Å². The number of anilines is 1. The third-order valence-corrected chi connectivity index (χ3v) is 3.82. The molecule has 0 aliphatic carbocycles. The zero-order valence-electron chi connectivity index (χ0n) is 11.2. The summed E-state index contributed by atoms with van der Waals surface area (Å²) in [6, 6.07) is 10.4. The number of aliphatic hydroxyl groups is 1. The summed E-state index contributed by atoms with van der Waals surface area (Å²) in [5.74, 6) is -0.238. The largest absolute Gasteiger partial charge is 0.459 e. The fraction of sp³-hybridized carbons (Fsp3) is 0.0667. The summed E-state index contributed by atoms with van der Waals surface area (Å²) in [4.78, 5) is 24.3. The highest BCUT2D eigenvalue weighted by Gasteiger charge is 2.34. The van der Waals surface area contributed by atoms with Gasteiger partial charge in [-0.2, -0.15) is 0 Å². The van der Waals surface area contributed by atoms with Gasteiger partial charge in [0, 0.05) is 3.57 Å². The Bertz CT molecular complexity index is 764. The average molecular weight is 410 g/mol. The first-order valence-electron chi connectivity index (χ1n) is 6.41. The highest BCUT2D eigenvalue weighted by atomic mass is 127. The van der Waals surface area contributed by atoms with Crippen LogP contribution in [0.2, 0.25) is 0 Å². The number of rotatable bonds is 3. The second-order valence-electron chi connectivity index (χ2n) is 4.58. The van der Waals surface area contributed by atoms with E-state index in [0.29, 0.717) is 17.2 Å². The van der Waals surface area contributed by atoms with E-state index < -0.39 is 11.8 Å². The Kier molecular flexibility index (Phi) is 3.99. The predicted molar refractivity (Wildman–Crippen MR) is 87.4 cm³/mol. The van der Waals surface area contributed by atoms with Gasteiger partial charge in [0.05, 0.1) is 5.69 Å². The molecule has 1 fully saturated rings. The number of nitrogens with one attached hydrogen (secondary N) is 1. The molecule has 22 heavy (non-hydrogen) atoms. The van der Waals surface area contributed by atoms with Crippen LogP contribution in [-0.2, 0) is 16.2 Å². The van der Waals surface area contributed by atoms with E-state index in [9.17, 15) is 9.59 Å². The van der Waals surface area contributed by atoms with E-state index in [4.69, 9.17) is 9.52 Å². The molecule has 1 aromatic heterocycles. The SMILES string of the molecule is O=C1NN(c2ccc(I)cc2)C(=O)/C1=C\c1ccc(CO)o1. The molecule has 1 saturated heterocycles. The van der Waals surface area contributed by atoms with Gasteiger partial charge in [-0.15, -0.1) is 0 Å². The van der Waals surface area contributed by atoms with E-state index in [1.807, 2.05) is 12.1 Å². The topological polar surface area (TPSA) is 82.8 Å². The lowest BCUT2D eigenvalue weighted by Crippen LogP contribution is -2.35. The van der Waals surface area contributed by atoms with Crippen LogP contribution in [0.25, 0.3) is 6.08 Å². The number of amides is 2. The number of hydrazine groups is 1. The maximum atomic E-state index is 12.4. The second-order valence-corrected chi connectivity index (χ2v) is 5.82. The molecule has 2 aromatic rings. The molecule has 1 aliphatic rings. The normalized spacial score (nSPS) is 16.5. The zero-order valence-corrected chi connectivity index (χ0v) is 13.4. The molecule has 2 amide bonds. The molecule has 2 heterocycles. The summed E-state index contributed by atoms with van der Waals surface area (Å²) in [5, 5.41) is 10.2. The van der Waals surface area contributed by atoms with E-state index in [-0.39, 0.29) is 12.2 Å². The van der Waals surface area contributed by atoms with Gasteiger partial charge < -0.3 is 9.52 Å². The van der Waals surface area contributed by atoms with Crippen LogP contribution in [0.1, 0.15) is 11.5 Å². The maximum absolute atomic E-state index is 12.4. The number of furan rings is 1. The van der Waals surface area contributed by atoms with Crippen LogP contribution in [0.3, 0.4) is 0 Å². The van der Waals surface area contributed by atoms with Gasteiger partial charge in [0.25, 0.3) is 11.8 Å². The maximum Gasteiger partial charge on any atom is 0.282 e. The van der Waals surface area contributed by atoms with E-state index in [2.05, 4.69) is 28.0 Å². The minimum atomic E-state index is -0.495. The van der Waals surface area contributed by atoms with E-state index in [1.165, 1.54) is 11.1 Å². The van der Waals surface area contributed by atoms with Crippen LogP contribution >= 0.6 is 22.6 Å². The molecule has 0 spiro atoms. The standard InChI is InChI=1S/C15H11IN2O4/c16-9-1-3-10(4-2-9)18-15(21)13(14(20)17-18)7-11-5-6-12(8-19)22-11/h1-7,19H,8H2,(H,17,20)/b13-7-. The second kappa shape index (κ2) is 5.93. The predicted octanol–water partition coefficient (Wildman–Crippen LogP) is 1.84. The monoisotopic (exact) mass is 410 g/mol. The number of carbonyl (C=O) groups excluding carboxylic acids is 2. The summed E-state index contributed by atoms with van der Waals surface area (Å²) in [5.41, 5.74) is 3.08. The number of nitrogens with zero attached hydrogens (tertiary/aromatic N) is 1. The molecule has 112 valence electrons. The summed E-state index contributed by atoms with van der Waals surface area (Å²) in [7, 11) is 0. The highest BCUT2D eigenvalue weighted by molar-refractivity contribution is 14.1. The van der Waals surface area contributed by atoms with Gasteiger partial charge in [0.2, 0.25) is 0 Å². The first-order valence-corrected chi connectivity index (χ1v) is 7.48. The molecule has 0 unspecified atom stereocenters. The van der Waals surface area contributed by atoms with Crippen molar-refractivity contribution in [1.82, 2.24) is 5.43 Å². The van der Waals surface area contributed by atoms with Gasteiger partial charge >= 0.3 is 0 Å². The third kappa shape index (κ3) is 2.77. The minimum Gasteiger partial charge on any atom is -0.459 e. The Hall–Kier alpha value is -2.13. The van der Waals surface area contributed by atoms with Crippen molar-refractivity contribution in [2.24, 2.45) is 0 Å². The van der Waals surface area contributed by atoms with Crippen molar-refractivity contribution in [2.45, 2.75) is 6.61 Å². The van der Waals surface area contributed by atoms with Crippen LogP contribution in [-0.4, -0.2) is 16.9 Å². The summed E-state index contributed by atoms with van der Waals surface area (Å²) >= 11 is 2.16. The molecule has 7 heteroatoms. The number of benzene rings is 1. The smallest absolute Gasteiger partial charge is 0.282 e. The number of aliphatic hydroxyl groups excluding tert-OH is 1. The fourth-order valence-electron chi connectivity index (χ4n) is 2.03. The number of hydrogen-bond acceptors (Lipinski definition) is 4. The highest BCUT2D eigenvalue weighted by Crippen LogP contribution is 2.22. The van der Waals surface area contributed by atoms with Gasteiger partial charge in [0.1, 0.15) is 23.7 Å². The van der Waals surface area contributed by atoms with Crippen LogP contribution in [0.4, 0.5) is 5.69 Å². The lowest BCUT2D eigenvalue weighted by Gasteiger charge is -2.14. The quantitative estimate of drug-likeness (QED) is 0.460. The van der Waals surface area contributed by atoms with Gasteiger partial charge in [0.15, 0.2) is 0 Å². The van der Waals surface area contributed by atoms with E-state index in [0.717, 1.165) is 3.57 Å². The van der Waals surface area contributed by atoms with E-state index >= 15 is 0 Å². The van der Waals surface area contributed by atoms with E-state index in [1.54, 1.807) is 24.3 Å². The Balaban J connectivity index is 1.89. The van der Waals surface area contributed by atoms with Crippen molar-refractivity contribution < 1.29 is 19.1 Å². The Morgan fingerprint density at radius 3 is 2.55 bits per heavy atom. The molecule has 2 N–H and O–H groups in total. The minimum absolute atomic E-state index is 0.0163. The lowest BCUT2D eigenvalue weighted by atomic mass is 10.2. The Morgan fingerprint density at radius 2 is 1.91 bits per heavy atom. The molecule has 0 atom stereocenters.